The van der Waals surface area contributed by atoms with Crippen LogP contribution < -0.4 is 19.3 Å². The Hall–Kier alpha value is -2.77. The van der Waals surface area contributed by atoms with Gasteiger partial charge in [-0.3, -0.25) is 9.69 Å². The average molecular weight is 427 g/mol. The zero-order chi connectivity index (χ0) is 21.0. The number of hydrogen-bond acceptors (Lipinski definition) is 6. The zero-order valence-electron chi connectivity index (χ0n) is 16.5. The molecule has 1 heterocycles. The van der Waals surface area contributed by atoms with Crippen LogP contribution >= 0.6 is 24.0 Å². The number of rotatable bonds is 7. The third-order valence-corrected chi connectivity index (χ3v) is 5.56. The normalized spacial score (nSPS) is 15.0. The quantitative estimate of drug-likeness (QED) is 0.362. The summed E-state index contributed by atoms with van der Waals surface area (Å²) in [6.07, 6.45) is 3.48. The molecule has 29 heavy (non-hydrogen) atoms. The Morgan fingerprint density at radius 1 is 1.17 bits per heavy atom. The van der Waals surface area contributed by atoms with Crippen molar-refractivity contribution >= 4 is 51.7 Å². The molecule has 0 radical (unpaired) electrons. The van der Waals surface area contributed by atoms with Gasteiger partial charge in [-0.15, -0.1) is 0 Å². The molecule has 1 aliphatic rings. The lowest BCUT2D eigenvalue weighted by molar-refractivity contribution is -0.113. The van der Waals surface area contributed by atoms with E-state index in [1.165, 1.54) is 11.8 Å². The van der Waals surface area contributed by atoms with E-state index >= 15 is 0 Å². The van der Waals surface area contributed by atoms with Crippen molar-refractivity contribution in [3.8, 4) is 11.5 Å². The fraction of sp³-hybridized carbons (Fsp3) is 0.182. The number of benzene rings is 2. The van der Waals surface area contributed by atoms with Gasteiger partial charge in [0.1, 0.15) is 6.61 Å². The van der Waals surface area contributed by atoms with Gasteiger partial charge in [-0.2, -0.15) is 0 Å². The maximum absolute atomic E-state index is 13.0. The van der Waals surface area contributed by atoms with Gasteiger partial charge in [-0.25, -0.2) is 0 Å². The van der Waals surface area contributed by atoms with Gasteiger partial charge < -0.3 is 14.4 Å². The smallest absolute Gasteiger partial charge is 0.270 e. The summed E-state index contributed by atoms with van der Waals surface area (Å²) in [5.74, 6) is 1.08. The van der Waals surface area contributed by atoms with Crippen LogP contribution in [0, 0.1) is 0 Å². The van der Waals surface area contributed by atoms with Crippen molar-refractivity contribution in [3.63, 3.8) is 0 Å². The molecule has 0 atom stereocenters. The zero-order valence-corrected chi connectivity index (χ0v) is 18.2. The third-order valence-electron chi connectivity index (χ3n) is 4.26. The minimum Gasteiger partial charge on any atom is -0.493 e. The molecule has 2 aromatic carbocycles. The molecule has 0 spiro atoms. The summed E-state index contributed by atoms with van der Waals surface area (Å²) in [6.45, 7) is 4.03. The van der Waals surface area contributed by atoms with Crippen LogP contribution in [0.25, 0.3) is 6.08 Å². The van der Waals surface area contributed by atoms with Gasteiger partial charge in [0.2, 0.25) is 0 Å². The van der Waals surface area contributed by atoms with Gasteiger partial charge in [-0.1, -0.05) is 42.7 Å². The maximum atomic E-state index is 13.0. The fourth-order valence-electron chi connectivity index (χ4n) is 2.78. The van der Waals surface area contributed by atoms with E-state index in [0.717, 1.165) is 16.9 Å². The predicted octanol–water partition coefficient (Wildman–Crippen LogP) is 4.73. The minimum absolute atomic E-state index is 0.136. The highest BCUT2D eigenvalue weighted by atomic mass is 32.2. The van der Waals surface area contributed by atoms with Crippen LogP contribution in [-0.2, 0) is 4.79 Å². The predicted molar refractivity (Wildman–Crippen MR) is 125 cm³/mol. The molecular weight excluding hydrogens is 404 g/mol. The van der Waals surface area contributed by atoms with Crippen molar-refractivity contribution in [1.29, 1.82) is 0 Å². The second-order valence-electron chi connectivity index (χ2n) is 6.44. The Balaban J connectivity index is 1.85. The second-order valence-corrected chi connectivity index (χ2v) is 8.11. The lowest BCUT2D eigenvalue weighted by atomic mass is 10.1. The van der Waals surface area contributed by atoms with Crippen LogP contribution in [0.4, 0.5) is 11.4 Å². The van der Waals surface area contributed by atoms with Crippen molar-refractivity contribution in [2.45, 2.75) is 0 Å². The molecule has 1 saturated heterocycles. The second kappa shape index (κ2) is 9.15. The largest absolute Gasteiger partial charge is 0.493 e. The molecule has 2 aromatic rings. The summed E-state index contributed by atoms with van der Waals surface area (Å²) in [4.78, 5) is 17.1. The number of carbonyl (C=O) groups is 1. The van der Waals surface area contributed by atoms with Crippen LogP contribution in [0.2, 0.25) is 0 Å². The van der Waals surface area contributed by atoms with Crippen molar-refractivity contribution < 1.29 is 14.3 Å². The molecule has 1 fully saturated rings. The Bertz CT molecular complexity index is 969. The molecule has 3 rings (SSSR count). The lowest BCUT2D eigenvalue weighted by Gasteiger charge is -2.17. The third kappa shape index (κ3) is 4.63. The molecule has 0 aromatic heterocycles. The highest BCUT2D eigenvalue weighted by Crippen LogP contribution is 2.37. The number of ether oxygens (including phenoxy) is 2. The van der Waals surface area contributed by atoms with E-state index in [9.17, 15) is 4.79 Å². The Morgan fingerprint density at radius 2 is 1.90 bits per heavy atom. The van der Waals surface area contributed by atoms with Crippen LogP contribution in [0.15, 0.2) is 60.0 Å². The molecule has 150 valence electrons. The van der Waals surface area contributed by atoms with Gasteiger partial charge in [-0.05, 0) is 48.0 Å². The Morgan fingerprint density at radius 3 is 2.52 bits per heavy atom. The molecule has 7 heteroatoms. The van der Waals surface area contributed by atoms with Crippen molar-refractivity contribution in [1.82, 2.24) is 0 Å². The van der Waals surface area contributed by atoms with E-state index in [0.29, 0.717) is 27.3 Å². The standard InChI is InChI=1S/C22H22N2O3S2/c1-5-12-27-18-11-6-15(13-19(18)26-4)14-20-21(25)24(22(28)29-20)17-9-7-16(8-10-17)23(2)3/h5-11,13-14H,1,12H2,2-4H3/b20-14+. The monoisotopic (exact) mass is 426 g/mol. The molecule has 0 bridgehead atoms. The maximum Gasteiger partial charge on any atom is 0.270 e. The average Bonchev–Trinajstić information content (AvgIpc) is 2.99. The first kappa shape index (κ1) is 21.0. The van der Waals surface area contributed by atoms with Gasteiger partial charge in [0.25, 0.3) is 5.91 Å². The Kier molecular flexibility index (Phi) is 6.61. The summed E-state index contributed by atoms with van der Waals surface area (Å²) < 4.78 is 11.5. The summed E-state index contributed by atoms with van der Waals surface area (Å²) in [6, 6.07) is 13.2. The van der Waals surface area contributed by atoms with Gasteiger partial charge in [0.05, 0.1) is 17.7 Å². The molecule has 0 saturated carbocycles. The van der Waals surface area contributed by atoms with E-state index < -0.39 is 0 Å². The molecule has 1 aliphatic heterocycles. The minimum atomic E-state index is -0.136. The number of anilines is 2. The lowest BCUT2D eigenvalue weighted by Crippen LogP contribution is -2.27. The number of nitrogens with zero attached hydrogens (tertiary/aromatic N) is 2. The molecule has 0 N–H and O–H groups in total. The number of amides is 1. The van der Waals surface area contributed by atoms with Crippen molar-refractivity contribution in [2.24, 2.45) is 0 Å². The molecule has 5 nitrogen and oxygen atoms in total. The van der Waals surface area contributed by atoms with Crippen LogP contribution in [-0.4, -0.2) is 38.0 Å². The first-order valence-electron chi connectivity index (χ1n) is 8.91. The Labute approximate surface area is 180 Å². The van der Waals surface area contributed by atoms with Gasteiger partial charge in [0.15, 0.2) is 15.8 Å². The summed E-state index contributed by atoms with van der Waals surface area (Å²) in [7, 11) is 5.52. The highest BCUT2D eigenvalue weighted by molar-refractivity contribution is 8.27. The van der Waals surface area contributed by atoms with Gasteiger partial charge in [0, 0.05) is 19.8 Å². The number of methoxy groups -OCH3 is 1. The number of thioether (sulfide) groups is 1. The number of carbonyl (C=O) groups excluding carboxylic acids is 1. The van der Waals surface area contributed by atoms with Crippen molar-refractivity contribution in [2.75, 3.05) is 37.6 Å². The van der Waals surface area contributed by atoms with Crippen LogP contribution in [0.1, 0.15) is 5.56 Å². The fourth-order valence-corrected chi connectivity index (χ4v) is 4.08. The van der Waals surface area contributed by atoms with E-state index in [4.69, 9.17) is 21.7 Å². The van der Waals surface area contributed by atoms with E-state index in [-0.39, 0.29) is 5.91 Å². The first-order valence-corrected chi connectivity index (χ1v) is 10.1. The molecule has 1 amide bonds. The summed E-state index contributed by atoms with van der Waals surface area (Å²) >= 11 is 6.74. The van der Waals surface area contributed by atoms with E-state index in [1.54, 1.807) is 18.1 Å². The summed E-state index contributed by atoms with van der Waals surface area (Å²) in [5.41, 5.74) is 2.64. The van der Waals surface area contributed by atoms with Crippen LogP contribution in [0.3, 0.4) is 0 Å². The number of thiocarbonyl (C=S) groups is 1. The SMILES string of the molecule is C=CCOc1ccc(/C=C2/SC(=S)N(c3ccc(N(C)C)cc3)C2=O)cc1OC. The number of hydrogen-bond donors (Lipinski definition) is 0. The van der Waals surface area contributed by atoms with E-state index in [2.05, 4.69) is 6.58 Å². The molecular formula is C22H22N2O3S2. The van der Waals surface area contributed by atoms with Gasteiger partial charge >= 0.3 is 0 Å². The van der Waals surface area contributed by atoms with E-state index in [1.807, 2.05) is 67.5 Å². The molecule has 0 unspecified atom stereocenters. The first-order chi connectivity index (χ1) is 13.9. The highest BCUT2D eigenvalue weighted by Gasteiger charge is 2.33. The van der Waals surface area contributed by atoms with Crippen molar-refractivity contribution in [3.05, 3.63) is 65.6 Å². The summed E-state index contributed by atoms with van der Waals surface area (Å²) in [5, 5.41) is 0. The topological polar surface area (TPSA) is 42.0 Å². The van der Waals surface area contributed by atoms with Crippen LogP contribution in [0.5, 0.6) is 11.5 Å². The molecule has 0 aliphatic carbocycles.